The molecule has 122 valence electrons. The van der Waals surface area contributed by atoms with E-state index < -0.39 is 0 Å². The largest absolute Gasteiger partial charge is 0.350 e. The molecule has 7 heteroatoms. The fraction of sp³-hybridized carbons (Fsp3) is 0.176. The van der Waals surface area contributed by atoms with Gasteiger partial charge in [-0.25, -0.2) is 4.68 Å². The quantitative estimate of drug-likeness (QED) is 0.707. The van der Waals surface area contributed by atoms with Crippen molar-refractivity contribution in [2.24, 2.45) is 0 Å². The monoisotopic (exact) mass is 385 g/mol. The van der Waals surface area contributed by atoms with Crippen LogP contribution in [0.2, 0.25) is 0 Å². The van der Waals surface area contributed by atoms with Gasteiger partial charge < -0.3 is 5.32 Å². The van der Waals surface area contributed by atoms with Gasteiger partial charge in [0, 0.05) is 17.1 Å². The zero-order valence-electron chi connectivity index (χ0n) is 12.9. The van der Waals surface area contributed by atoms with E-state index in [2.05, 4.69) is 36.5 Å². The van der Waals surface area contributed by atoms with Crippen molar-refractivity contribution in [2.45, 2.75) is 19.4 Å². The summed E-state index contributed by atoms with van der Waals surface area (Å²) < 4.78 is 2.67. The smallest absolute Gasteiger partial charge is 0.220 e. The second kappa shape index (κ2) is 7.83. The van der Waals surface area contributed by atoms with Crippen molar-refractivity contribution < 1.29 is 4.79 Å². The second-order valence-electron chi connectivity index (χ2n) is 5.27. The van der Waals surface area contributed by atoms with E-state index in [1.165, 1.54) is 0 Å². The number of pyridine rings is 1. The Hall–Kier alpha value is -2.54. The van der Waals surface area contributed by atoms with Crippen LogP contribution in [-0.4, -0.2) is 25.9 Å². The number of hydrogen-bond acceptors (Lipinski definition) is 4. The summed E-state index contributed by atoms with van der Waals surface area (Å²) in [5, 5.41) is 11.0. The normalized spacial score (nSPS) is 10.5. The Morgan fingerprint density at radius 2 is 2.04 bits per heavy atom. The molecule has 0 aliphatic rings. The third kappa shape index (κ3) is 4.48. The summed E-state index contributed by atoms with van der Waals surface area (Å²) in [4.78, 5) is 16.0. The zero-order valence-corrected chi connectivity index (χ0v) is 14.5. The van der Waals surface area contributed by atoms with Gasteiger partial charge in [0.05, 0.1) is 24.6 Å². The lowest BCUT2D eigenvalue weighted by Gasteiger charge is -2.03. The minimum Gasteiger partial charge on any atom is -0.350 e. The minimum atomic E-state index is -0.00570. The highest BCUT2D eigenvalue weighted by Crippen LogP contribution is 2.11. The molecule has 2 heterocycles. The number of halogens is 1. The molecular formula is C17H16BrN5O. The van der Waals surface area contributed by atoms with E-state index >= 15 is 0 Å². The minimum absolute atomic E-state index is 0.00570. The van der Waals surface area contributed by atoms with Crippen LogP contribution < -0.4 is 5.32 Å². The molecule has 24 heavy (non-hydrogen) atoms. The number of amides is 1. The highest BCUT2D eigenvalue weighted by molar-refractivity contribution is 9.10. The molecule has 2 aromatic heterocycles. The van der Waals surface area contributed by atoms with Gasteiger partial charge >= 0.3 is 0 Å². The molecule has 0 bridgehead atoms. The molecule has 0 unspecified atom stereocenters. The number of aryl methyl sites for hydroxylation is 1. The van der Waals surface area contributed by atoms with Crippen molar-refractivity contribution in [1.82, 2.24) is 25.3 Å². The van der Waals surface area contributed by atoms with Gasteiger partial charge in [0.2, 0.25) is 5.91 Å². The maximum absolute atomic E-state index is 11.9. The summed E-state index contributed by atoms with van der Waals surface area (Å²) in [6.07, 6.45) is 6.34. The van der Waals surface area contributed by atoms with Gasteiger partial charge in [-0.1, -0.05) is 33.3 Å². The second-order valence-corrected chi connectivity index (χ2v) is 6.18. The van der Waals surface area contributed by atoms with E-state index in [0.717, 1.165) is 15.7 Å². The van der Waals surface area contributed by atoms with Crippen LogP contribution in [0.3, 0.4) is 0 Å². The molecule has 0 saturated carbocycles. The molecule has 1 N–H and O–H groups in total. The van der Waals surface area contributed by atoms with E-state index in [0.29, 0.717) is 25.1 Å². The number of carbonyl (C=O) groups excluding carboxylic acids is 1. The Morgan fingerprint density at radius 3 is 2.79 bits per heavy atom. The molecule has 6 nitrogen and oxygen atoms in total. The van der Waals surface area contributed by atoms with Crippen LogP contribution >= 0.6 is 15.9 Å². The van der Waals surface area contributed by atoms with Crippen molar-refractivity contribution in [3.05, 3.63) is 70.7 Å². The molecule has 1 amide bonds. The number of carbonyl (C=O) groups is 1. The third-order valence-electron chi connectivity index (χ3n) is 3.47. The van der Waals surface area contributed by atoms with Gasteiger partial charge in [-0.15, -0.1) is 5.10 Å². The number of nitrogens with zero attached hydrogens (tertiary/aromatic N) is 4. The average Bonchev–Trinajstić information content (AvgIpc) is 3.09. The highest BCUT2D eigenvalue weighted by Gasteiger charge is 2.06. The first-order valence-corrected chi connectivity index (χ1v) is 8.33. The number of hydrogen-bond donors (Lipinski definition) is 1. The van der Waals surface area contributed by atoms with E-state index in [1.54, 1.807) is 23.3 Å². The lowest BCUT2D eigenvalue weighted by molar-refractivity contribution is -0.121. The molecule has 1 aromatic carbocycles. The first kappa shape index (κ1) is 16.3. The van der Waals surface area contributed by atoms with Crippen LogP contribution in [0.15, 0.2) is 59.5 Å². The lowest BCUT2D eigenvalue weighted by Crippen LogP contribution is -2.23. The predicted octanol–water partition coefficient (Wildman–Crippen LogP) is 2.67. The molecule has 0 aliphatic carbocycles. The van der Waals surface area contributed by atoms with E-state index in [9.17, 15) is 4.79 Å². The molecular weight excluding hydrogens is 370 g/mol. The molecule has 3 aromatic rings. The van der Waals surface area contributed by atoms with Gasteiger partial charge in [0.25, 0.3) is 0 Å². The van der Waals surface area contributed by atoms with Crippen LogP contribution in [0.4, 0.5) is 0 Å². The maximum atomic E-state index is 11.9. The fourth-order valence-corrected chi connectivity index (χ4v) is 2.45. The Morgan fingerprint density at radius 1 is 1.21 bits per heavy atom. The van der Waals surface area contributed by atoms with Crippen LogP contribution in [0.5, 0.6) is 0 Å². The molecule has 0 atom stereocenters. The van der Waals surface area contributed by atoms with Crippen molar-refractivity contribution in [3.8, 4) is 5.69 Å². The predicted molar refractivity (Wildman–Crippen MR) is 93.5 cm³/mol. The van der Waals surface area contributed by atoms with E-state index in [1.807, 2.05) is 36.4 Å². The van der Waals surface area contributed by atoms with E-state index in [-0.39, 0.29) is 5.91 Å². The van der Waals surface area contributed by atoms with Crippen molar-refractivity contribution in [1.29, 1.82) is 0 Å². The summed E-state index contributed by atoms with van der Waals surface area (Å²) >= 11 is 3.40. The molecule has 0 spiro atoms. The van der Waals surface area contributed by atoms with Gasteiger partial charge in [0.15, 0.2) is 0 Å². The summed E-state index contributed by atoms with van der Waals surface area (Å²) in [7, 11) is 0. The molecule has 3 rings (SSSR count). The summed E-state index contributed by atoms with van der Waals surface area (Å²) in [5.41, 5.74) is 2.67. The summed E-state index contributed by atoms with van der Waals surface area (Å²) in [6, 6.07) is 11.7. The topological polar surface area (TPSA) is 72.7 Å². The van der Waals surface area contributed by atoms with Crippen LogP contribution in [-0.2, 0) is 17.8 Å². The van der Waals surface area contributed by atoms with E-state index in [4.69, 9.17) is 0 Å². The van der Waals surface area contributed by atoms with Crippen LogP contribution in [0.1, 0.15) is 17.7 Å². The van der Waals surface area contributed by atoms with Gasteiger partial charge in [-0.3, -0.25) is 9.78 Å². The number of rotatable bonds is 6. The van der Waals surface area contributed by atoms with Crippen molar-refractivity contribution in [2.75, 3.05) is 0 Å². The first-order chi connectivity index (χ1) is 11.7. The molecule has 0 saturated heterocycles. The average molecular weight is 386 g/mol. The Labute approximate surface area is 148 Å². The fourth-order valence-electron chi connectivity index (χ4n) is 2.18. The maximum Gasteiger partial charge on any atom is 0.220 e. The first-order valence-electron chi connectivity index (χ1n) is 7.53. The zero-order chi connectivity index (χ0) is 16.8. The van der Waals surface area contributed by atoms with Crippen molar-refractivity contribution in [3.63, 3.8) is 0 Å². The van der Waals surface area contributed by atoms with Crippen LogP contribution in [0.25, 0.3) is 5.69 Å². The van der Waals surface area contributed by atoms with Gasteiger partial charge in [0.1, 0.15) is 5.69 Å². The number of nitrogens with one attached hydrogen (secondary N) is 1. The number of benzene rings is 1. The Kier molecular flexibility index (Phi) is 5.32. The SMILES string of the molecule is O=C(CCc1ccc(Br)cc1)NCc1cn(-c2cccnc2)nn1. The Bertz CT molecular complexity index is 801. The van der Waals surface area contributed by atoms with Gasteiger partial charge in [-0.05, 0) is 36.2 Å². The summed E-state index contributed by atoms with van der Waals surface area (Å²) in [5.74, 6) is -0.00570. The lowest BCUT2D eigenvalue weighted by atomic mass is 10.1. The standard InChI is InChI=1S/C17H16BrN5O/c18-14-6-3-13(4-7-14)5-8-17(24)20-10-15-12-23(22-21-15)16-2-1-9-19-11-16/h1-4,6-7,9,11-12H,5,8,10H2,(H,20,24). The third-order valence-corrected chi connectivity index (χ3v) is 4.00. The molecule has 0 aliphatic heterocycles. The Balaban J connectivity index is 1.48. The van der Waals surface area contributed by atoms with Gasteiger partial charge in [-0.2, -0.15) is 0 Å². The summed E-state index contributed by atoms with van der Waals surface area (Å²) in [6.45, 7) is 0.361. The number of aromatic nitrogens is 4. The molecule has 0 fully saturated rings. The van der Waals surface area contributed by atoms with Crippen LogP contribution in [0, 0.1) is 0 Å². The molecule has 0 radical (unpaired) electrons. The highest BCUT2D eigenvalue weighted by atomic mass is 79.9. The van der Waals surface area contributed by atoms with Crippen molar-refractivity contribution >= 4 is 21.8 Å².